The molecular formula is C15H10N2O3. The van der Waals surface area contributed by atoms with E-state index < -0.39 is 11.5 Å². The SMILES string of the molecule is O=C(Nc1cccnc1)c1cc2ccccc2oc1=O. The van der Waals surface area contributed by atoms with Gasteiger partial charge in [-0.1, -0.05) is 18.2 Å². The van der Waals surface area contributed by atoms with Gasteiger partial charge in [0, 0.05) is 11.6 Å². The number of nitrogens with one attached hydrogen (secondary N) is 1. The van der Waals surface area contributed by atoms with E-state index in [4.69, 9.17) is 4.42 Å². The number of fused-ring (bicyclic) bond motifs is 1. The first kappa shape index (κ1) is 12.1. The third kappa shape index (κ3) is 2.29. The fourth-order valence-corrected chi connectivity index (χ4v) is 1.86. The predicted molar refractivity (Wildman–Crippen MR) is 74.7 cm³/mol. The van der Waals surface area contributed by atoms with Gasteiger partial charge in [0.25, 0.3) is 5.91 Å². The number of rotatable bonds is 2. The summed E-state index contributed by atoms with van der Waals surface area (Å²) >= 11 is 0. The van der Waals surface area contributed by atoms with Crippen molar-refractivity contribution < 1.29 is 9.21 Å². The van der Waals surface area contributed by atoms with Crippen molar-refractivity contribution in [2.24, 2.45) is 0 Å². The number of carbonyl (C=O) groups excluding carboxylic acids is 1. The Bertz CT molecular complexity index is 825. The summed E-state index contributed by atoms with van der Waals surface area (Å²) < 4.78 is 5.12. The highest BCUT2D eigenvalue weighted by atomic mass is 16.4. The number of para-hydroxylation sites is 1. The monoisotopic (exact) mass is 266 g/mol. The summed E-state index contributed by atoms with van der Waals surface area (Å²) in [5.41, 5.74) is 0.276. The number of benzene rings is 1. The van der Waals surface area contributed by atoms with Crippen LogP contribution in [0.5, 0.6) is 0 Å². The van der Waals surface area contributed by atoms with Gasteiger partial charge >= 0.3 is 5.63 Å². The number of hydrogen-bond acceptors (Lipinski definition) is 4. The van der Waals surface area contributed by atoms with E-state index in [1.807, 2.05) is 6.07 Å². The first-order valence-electron chi connectivity index (χ1n) is 5.98. The smallest absolute Gasteiger partial charge is 0.349 e. The maximum atomic E-state index is 12.1. The Morgan fingerprint density at radius 3 is 2.80 bits per heavy atom. The second-order valence-electron chi connectivity index (χ2n) is 4.18. The molecule has 0 unspecified atom stereocenters. The Hall–Kier alpha value is -2.95. The molecule has 3 rings (SSSR count). The van der Waals surface area contributed by atoms with Crippen LogP contribution in [0.1, 0.15) is 10.4 Å². The van der Waals surface area contributed by atoms with E-state index in [2.05, 4.69) is 10.3 Å². The first-order chi connectivity index (χ1) is 9.74. The number of nitrogens with zero attached hydrogens (tertiary/aromatic N) is 1. The molecule has 98 valence electrons. The second-order valence-corrected chi connectivity index (χ2v) is 4.18. The predicted octanol–water partition coefficient (Wildman–Crippen LogP) is 2.44. The number of carbonyl (C=O) groups is 1. The van der Waals surface area contributed by atoms with Crippen molar-refractivity contribution in [3.63, 3.8) is 0 Å². The van der Waals surface area contributed by atoms with Gasteiger partial charge in [-0.3, -0.25) is 9.78 Å². The topological polar surface area (TPSA) is 72.2 Å². The lowest BCUT2D eigenvalue weighted by Gasteiger charge is -2.04. The van der Waals surface area contributed by atoms with Crippen LogP contribution in [0, 0.1) is 0 Å². The van der Waals surface area contributed by atoms with Crippen molar-refractivity contribution in [3.8, 4) is 0 Å². The van der Waals surface area contributed by atoms with Crippen LogP contribution >= 0.6 is 0 Å². The molecule has 1 amide bonds. The maximum Gasteiger partial charge on any atom is 0.349 e. The lowest BCUT2D eigenvalue weighted by atomic mass is 10.2. The third-order valence-corrected chi connectivity index (χ3v) is 2.81. The standard InChI is InChI=1S/C15H10N2O3/c18-14(17-11-5-3-7-16-9-11)12-8-10-4-1-2-6-13(10)20-15(12)19/h1-9H,(H,17,18). The van der Waals surface area contributed by atoms with Crippen molar-refractivity contribution in [1.29, 1.82) is 0 Å². The van der Waals surface area contributed by atoms with Crippen molar-refractivity contribution in [2.75, 3.05) is 5.32 Å². The van der Waals surface area contributed by atoms with Gasteiger partial charge in [-0.15, -0.1) is 0 Å². The Kier molecular flexibility index (Phi) is 3.01. The maximum absolute atomic E-state index is 12.1. The average molecular weight is 266 g/mol. The van der Waals surface area contributed by atoms with Gasteiger partial charge in [0.2, 0.25) is 0 Å². The zero-order valence-corrected chi connectivity index (χ0v) is 10.4. The molecule has 0 atom stereocenters. The van der Waals surface area contributed by atoms with Gasteiger partial charge in [-0.25, -0.2) is 4.79 Å². The van der Waals surface area contributed by atoms with Gasteiger partial charge in [0.1, 0.15) is 11.1 Å². The molecule has 0 aliphatic carbocycles. The van der Waals surface area contributed by atoms with E-state index in [-0.39, 0.29) is 5.56 Å². The summed E-state index contributed by atoms with van der Waals surface area (Å²) in [4.78, 5) is 27.8. The molecule has 0 aliphatic rings. The van der Waals surface area contributed by atoms with Crippen molar-refractivity contribution in [3.05, 3.63) is 70.8 Å². The number of aromatic nitrogens is 1. The first-order valence-corrected chi connectivity index (χ1v) is 5.98. The Morgan fingerprint density at radius 2 is 2.00 bits per heavy atom. The molecule has 0 radical (unpaired) electrons. The molecular weight excluding hydrogens is 256 g/mol. The zero-order chi connectivity index (χ0) is 13.9. The van der Waals surface area contributed by atoms with Gasteiger partial charge in [-0.2, -0.15) is 0 Å². The summed E-state index contributed by atoms with van der Waals surface area (Å²) in [5, 5.41) is 3.30. The van der Waals surface area contributed by atoms with Crippen LogP contribution in [-0.4, -0.2) is 10.9 Å². The summed E-state index contributed by atoms with van der Waals surface area (Å²) in [6.45, 7) is 0. The minimum atomic E-state index is -0.662. The van der Waals surface area contributed by atoms with E-state index in [9.17, 15) is 9.59 Å². The van der Waals surface area contributed by atoms with Crippen LogP contribution in [0.2, 0.25) is 0 Å². The molecule has 20 heavy (non-hydrogen) atoms. The van der Waals surface area contributed by atoms with Gasteiger partial charge < -0.3 is 9.73 Å². The minimum absolute atomic E-state index is 0.0347. The lowest BCUT2D eigenvalue weighted by Crippen LogP contribution is -2.20. The molecule has 1 N–H and O–H groups in total. The number of pyridine rings is 1. The van der Waals surface area contributed by atoms with Gasteiger partial charge in [0.05, 0.1) is 11.9 Å². The highest BCUT2D eigenvalue weighted by Gasteiger charge is 2.13. The molecule has 1 aromatic carbocycles. The molecule has 5 nitrogen and oxygen atoms in total. The van der Waals surface area contributed by atoms with Crippen LogP contribution in [0.15, 0.2) is 64.1 Å². The molecule has 2 heterocycles. The lowest BCUT2D eigenvalue weighted by molar-refractivity contribution is 0.102. The summed E-state index contributed by atoms with van der Waals surface area (Å²) in [5.74, 6) is -0.516. The van der Waals surface area contributed by atoms with E-state index in [0.717, 1.165) is 0 Å². The molecule has 0 fully saturated rings. The fourth-order valence-electron chi connectivity index (χ4n) is 1.86. The van der Waals surface area contributed by atoms with Crippen molar-refractivity contribution in [2.45, 2.75) is 0 Å². The quantitative estimate of drug-likeness (QED) is 0.723. The Morgan fingerprint density at radius 1 is 1.15 bits per heavy atom. The van der Waals surface area contributed by atoms with Crippen LogP contribution < -0.4 is 10.9 Å². The minimum Gasteiger partial charge on any atom is -0.422 e. The normalized spacial score (nSPS) is 10.4. The molecule has 0 spiro atoms. The summed E-state index contributed by atoms with van der Waals surface area (Å²) in [6, 6.07) is 11.9. The third-order valence-electron chi connectivity index (χ3n) is 2.81. The van der Waals surface area contributed by atoms with Crippen LogP contribution in [0.25, 0.3) is 11.0 Å². The molecule has 0 aliphatic heterocycles. The van der Waals surface area contributed by atoms with Gasteiger partial charge in [-0.05, 0) is 24.3 Å². The fraction of sp³-hybridized carbons (Fsp3) is 0. The Labute approximate surface area is 113 Å². The molecule has 0 saturated carbocycles. The van der Waals surface area contributed by atoms with E-state index in [1.54, 1.807) is 36.5 Å². The van der Waals surface area contributed by atoms with Crippen LogP contribution in [-0.2, 0) is 0 Å². The Balaban J connectivity index is 1.99. The molecule has 3 aromatic rings. The summed E-state index contributed by atoms with van der Waals surface area (Å²) in [6.07, 6.45) is 3.10. The zero-order valence-electron chi connectivity index (χ0n) is 10.4. The molecule has 5 heteroatoms. The van der Waals surface area contributed by atoms with Crippen molar-refractivity contribution >= 4 is 22.6 Å². The molecule has 0 bridgehead atoms. The highest BCUT2D eigenvalue weighted by Crippen LogP contribution is 2.13. The molecule has 0 saturated heterocycles. The summed E-state index contributed by atoms with van der Waals surface area (Å²) in [7, 11) is 0. The largest absolute Gasteiger partial charge is 0.422 e. The van der Waals surface area contributed by atoms with Crippen molar-refractivity contribution in [1.82, 2.24) is 4.98 Å². The average Bonchev–Trinajstić information content (AvgIpc) is 2.47. The number of amides is 1. The number of hydrogen-bond donors (Lipinski definition) is 1. The van der Waals surface area contributed by atoms with Crippen LogP contribution in [0.3, 0.4) is 0 Å². The molecule has 2 aromatic heterocycles. The van der Waals surface area contributed by atoms with E-state index in [1.165, 1.54) is 12.3 Å². The number of anilines is 1. The second kappa shape index (κ2) is 4.97. The highest BCUT2D eigenvalue weighted by molar-refractivity contribution is 6.05. The van der Waals surface area contributed by atoms with Gasteiger partial charge in [0.15, 0.2) is 0 Å². The van der Waals surface area contributed by atoms with E-state index in [0.29, 0.717) is 16.7 Å². The van der Waals surface area contributed by atoms with E-state index >= 15 is 0 Å². The van der Waals surface area contributed by atoms with Crippen LogP contribution in [0.4, 0.5) is 5.69 Å².